The van der Waals surface area contributed by atoms with E-state index in [-0.39, 0.29) is 19.0 Å². The van der Waals surface area contributed by atoms with Gasteiger partial charge < -0.3 is 15.0 Å². The number of halogens is 6. The predicted molar refractivity (Wildman–Crippen MR) is 103 cm³/mol. The molecule has 1 N–H and O–H groups in total. The molecule has 1 saturated heterocycles. The lowest BCUT2D eigenvalue weighted by molar-refractivity contribution is -0.143. The average Bonchev–Trinajstić information content (AvgIpc) is 3.08. The molecule has 0 aromatic heterocycles. The highest BCUT2D eigenvalue weighted by Gasteiger charge is 2.39. The second kappa shape index (κ2) is 8.36. The molecule has 1 aliphatic heterocycles. The highest BCUT2D eigenvalue weighted by atomic mass is 19.4. The molecule has 32 heavy (non-hydrogen) atoms. The molecule has 2 aromatic carbocycles. The number of carbonyl (C=O) groups is 2. The molecule has 3 rings (SSSR count). The largest absolute Gasteiger partial charge is 0.495 e. The first-order valence-electron chi connectivity index (χ1n) is 9.35. The third kappa shape index (κ3) is 4.97. The van der Waals surface area contributed by atoms with Crippen molar-refractivity contribution in [1.29, 1.82) is 0 Å². The number of ether oxygens (including phenoxy) is 1. The van der Waals surface area contributed by atoms with Gasteiger partial charge in [-0.05, 0) is 42.8 Å². The molecule has 0 bridgehead atoms. The molecule has 1 fully saturated rings. The predicted octanol–water partition coefficient (Wildman–Crippen LogP) is 5.03. The zero-order valence-electron chi connectivity index (χ0n) is 16.9. The molecule has 172 valence electrons. The van der Waals surface area contributed by atoms with Crippen LogP contribution >= 0.6 is 0 Å². The quantitative estimate of drug-likeness (QED) is 0.651. The number of alkyl halides is 6. The highest BCUT2D eigenvalue weighted by molar-refractivity contribution is 6.04. The summed E-state index contributed by atoms with van der Waals surface area (Å²) in [4.78, 5) is 26.4. The molecular weight excluding hydrogens is 442 g/mol. The number of hydrogen-bond acceptors (Lipinski definition) is 3. The van der Waals surface area contributed by atoms with E-state index in [1.54, 1.807) is 25.1 Å². The van der Waals surface area contributed by atoms with Crippen LogP contribution in [-0.2, 0) is 21.9 Å². The van der Waals surface area contributed by atoms with E-state index in [0.717, 1.165) is 5.56 Å². The molecule has 11 heteroatoms. The topological polar surface area (TPSA) is 58.6 Å². The van der Waals surface area contributed by atoms with Crippen molar-refractivity contribution >= 4 is 23.2 Å². The summed E-state index contributed by atoms with van der Waals surface area (Å²) < 4.78 is 83.4. The van der Waals surface area contributed by atoms with Crippen LogP contribution in [0.1, 0.15) is 23.1 Å². The van der Waals surface area contributed by atoms with Gasteiger partial charge in [0.15, 0.2) is 0 Å². The zero-order chi connectivity index (χ0) is 23.8. The van der Waals surface area contributed by atoms with Crippen molar-refractivity contribution in [2.75, 3.05) is 23.9 Å². The van der Waals surface area contributed by atoms with E-state index in [2.05, 4.69) is 5.32 Å². The Balaban J connectivity index is 1.84. The number of amides is 2. The Morgan fingerprint density at radius 2 is 1.62 bits per heavy atom. The molecule has 0 saturated carbocycles. The lowest BCUT2D eigenvalue weighted by Gasteiger charge is -2.20. The minimum Gasteiger partial charge on any atom is -0.495 e. The van der Waals surface area contributed by atoms with Crippen molar-refractivity contribution in [3.8, 4) is 5.75 Å². The Bertz CT molecular complexity index is 1020. The molecule has 1 aliphatic rings. The average molecular weight is 460 g/mol. The molecule has 0 radical (unpaired) electrons. The van der Waals surface area contributed by atoms with Gasteiger partial charge in [-0.15, -0.1) is 0 Å². The monoisotopic (exact) mass is 460 g/mol. The van der Waals surface area contributed by atoms with Crippen LogP contribution in [0, 0.1) is 12.8 Å². The second-order valence-electron chi connectivity index (χ2n) is 7.36. The number of aryl methyl sites for hydroxylation is 1. The van der Waals surface area contributed by atoms with Crippen molar-refractivity contribution in [2.24, 2.45) is 5.92 Å². The summed E-state index contributed by atoms with van der Waals surface area (Å²) in [6.45, 7) is 1.69. The summed E-state index contributed by atoms with van der Waals surface area (Å²) in [6.07, 6.45) is -10.3. The lowest BCUT2D eigenvalue weighted by Crippen LogP contribution is -2.28. The fourth-order valence-electron chi connectivity index (χ4n) is 3.40. The Hall–Kier alpha value is -3.24. The van der Waals surface area contributed by atoms with Gasteiger partial charge in [0.2, 0.25) is 11.8 Å². The van der Waals surface area contributed by atoms with Gasteiger partial charge in [0, 0.05) is 18.7 Å². The fraction of sp³-hybridized carbons (Fsp3) is 0.333. The molecule has 0 spiro atoms. The van der Waals surface area contributed by atoms with Gasteiger partial charge in [-0.25, -0.2) is 0 Å². The molecule has 5 nitrogen and oxygen atoms in total. The summed E-state index contributed by atoms with van der Waals surface area (Å²) in [6, 6.07) is 5.90. The van der Waals surface area contributed by atoms with E-state index in [0.29, 0.717) is 23.6 Å². The Kier molecular flexibility index (Phi) is 6.12. The van der Waals surface area contributed by atoms with Crippen molar-refractivity contribution in [3.05, 3.63) is 53.1 Å². The number of methoxy groups -OCH3 is 1. The van der Waals surface area contributed by atoms with Crippen LogP contribution in [0.15, 0.2) is 36.4 Å². The summed E-state index contributed by atoms with van der Waals surface area (Å²) in [5, 5.41) is 2.09. The van der Waals surface area contributed by atoms with Crippen LogP contribution in [0.5, 0.6) is 5.75 Å². The first-order chi connectivity index (χ1) is 14.8. The van der Waals surface area contributed by atoms with Crippen molar-refractivity contribution < 1.29 is 40.7 Å². The van der Waals surface area contributed by atoms with Crippen molar-refractivity contribution in [2.45, 2.75) is 25.7 Å². The van der Waals surface area contributed by atoms with Crippen LogP contribution < -0.4 is 15.0 Å². The van der Waals surface area contributed by atoms with Gasteiger partial charge in [0.25, 0.3) is 0 Å². The van der Waals surface area contributed by atoms with E-state index in [4.69, 9.17) is 4.74 Å². The number of nitrogens with one attached hydrogen (secondary N) is 1. The zero-order valence-corrected chi connectivity index (χ0v) is 16.9. The molecular formula is C21H18F6N2O3. The van der Waals surface area contributed by atoms with Crippen molar-refractivity contribution in [1.82, 2.24) is 0 Å². The van der Waals surface area contributed by atoms with Crippen LogP contribution in [0.25, 0.3) is 0 Å². The fourth-order valence-corrected chi connectivity index (χ4v) is 3.40. The molecule has 1 heterocycles. The highest BCUT2D eigenvalue weighted by Crippen LogP contribution is 2.38. The third-order valence-electron chi connectivity index (χ3n) is 4.98. The van der Waals surface area contributed by atoms with Crippen LogP contribution in [0.4, 0.5) is 37.7 Å². The van der Waals surface area contributed by atoms with Gasteiger partial charge in [0.05, 0.1) is 29.8 Å². The minimum atomic E-state index is -5.04. The lowest BCUT2D eigenvalue weighted by atomic mass is 10.1. The second-order valence-corrected chi connectivity index (χ2v) is 7.36. The first kappa shape index (κ1) is 23.4. The first-order valence-corrected chi connectivity index (χ1v) is 9.35. The van der Waals surface area contributed by atoms with Crippen LogP contribution in [0.2, 0.25) is 0 Å². The van der Waals surface area contributed by atoms with E-state index >= 15 is 0 Å². The number of nitrogens with zero attached hydrogens (tertiary/aromatic N) is 1. The van der Waals surface area contributed by atoms with Gasteiger partial charge in [-0.1, -0.05) is 6.07 Å². The van der Waals surface area contributed by atoms with E-state index in [1.807, 2.05) is 0 Å². The van der Waals surface area contributed by atoms with Gasteiger partial charge >= 0.3 is 12.4 Å². The smallest absolute Gasteiger partial charge is 0.416 e. The number of benzene rings is 2. The Morgan fingerprint density at radius 1 is 1.03 bits per heavy atom. The number of hydrogen-bond donors (Lipinski definition) is 1. The van der Waals surface area contributed by atoms with Crippen molar-refractivity contribution in [3.63, 3.8) is 0 Å². The van der Waals surface area contributed by atoms with E-state index in [1.165, 1.54) is 12.0 Å². The van der Waals surface area contributed by atoms with E-state index in [9.17, 15) is 35.9 Å². The standard InChI is InChI=1S/C21H18F6N2O3/c1-11-3-4-17(32-2)16(5-11)29-10-12(6-18(29)30)19(31)28-15-8-13(20(22,23)24)7-14(9-15)21(25,26)27/h3-5,7-9,12H,6,10H2,1-2H3,(H,28,31). The van der Waals surface area contributed by atoms with Gasteiger partial charge in [0.1, 0.15) is 5.75 Å². The number of anilines is 2. The maximum atomic E-state index is 13.0. The minimum absolute atomic E-state index is 0.0273. The maximum absolute atomic E-state index is 13.0. The molecule has 1 unspecified atom stereocenters. The summed E-state index contributed by atoms with van der Waals surface area (Å²) in [5.41, 5.74) is -2.50. The maximum Gasteiger partial charge on any atom is 0.416 e. The summed E-state index contributed by atoms with van der Waals surface area (Å²) in [7, 11) is 1.41. The van der Waals surface area contributed by atoms with E-state index < -0.39 is 46.9 Å². The van der Waals surface area contributed by atoms with Gasteiger partial charge in [-0.3, -0.25) is 9.59 Å². The number of rotatable bonds is 4. The molecule has 2 aromatic rings. The SMILES string of the molecule is COc1ccc(C)cc1N1CC(C(=O)Nc2cc(C(F)(F)F)cc(C(F)(F)F)c2)CC1=O. The summed E-state index contributed by atoms with van der Waals surface area (Å²) in [5.74, 6) is -1.87. The molecule has 0 aliphatic carbocycles. The Labute approximate surface area is 179 Å². The summed E-state index contributed by atoms with van der Waals surface area (Å²) >= 11 is 0. The number of carbonyl (C=O) groups excluding carboxylic acids is 2. The van der Waals surface area contributed by atoms with Crippen LogP contribution in [-0.4, -0.2) is 25.5 Å². The Morgan fingerprint density at radius 3 is 2.16 bits per heavy atom. The molecule has 2 amide bonds. The van der Waals surface area contributed by atoms with Gasteiger partial charge in [-0.2, -0.15) is 26.3 Å². The van der Waals surface area contributed by atoms with Crippen LogP contribution in [0.3, 0.4) is 0 Å². The normalized spacial score (nSPS) is 16.9. The molecule has 1 atom stereocenters. The third-order valence-corrected chi connectivity index (χ3v) is 4.98.